The minimum absolute atomic E-state index is 0.00593. The normalized spacial score (nSPS) is 11.5. The van der Waals surface area contributed by atoms with E-state index in [-0.39, 0.29) is 16.6 Å². The minimum atomic E-state index is -3.88. The van der Waals surface area contributed by atoms with Crippen molar-refractivity contribution < 1.29 is 17.6 Å². The van der Waals surface area contributed by atoms with Crippen molar-refractivity contribution >= 4 is 54.5 Å². The van der Waals surface area contributed by atoms with Crippen LogP contribution in [0.5, 0.6) is 0 Å². The first kappa shape index (κ1) is 21.0. The van der Waals surface area contributed by atoms with E-state index < -0.39 is 15.9 Å². The van der Waals surface area contributed by atoms with Crippen molar-refractivity contribution in [2.24, 2.45) is 0 Å². The maximum atomic E-state index is 12.6. The van der Waals surface area contributed by atoms with E-state index in [9.17, 15) is 13.2 Å². The summed E-state index contributed by atoms with van der Waals surface area (Å²) in [6.45, 7) is 3.51. The van der Waals surface area contributed by atoms with Crippen LogP contribution in [0.2, 0.25) is 0 Å². The minimum Gasteiger partial charge on any atom is -0.451 e. The number of sulfonamides is 1. The molecule has 8 nitrogen and oxygen atoms in total. The molecule has 0 aliphatic heterocycles. The van der Waals surface area contributed by atoms with Gasteiger partial charge >= 0.3 is 0 Å². The van der Waals surface area contributed by atoms with Crippen LogP contribution in [0.3, 0.4) is 0 Å². The molecule has 0 fully saturated rings. The van der Waals surface area contributed by atoms with Crippen molar-refractivity contribution in [2.75, 3.05) is 10.0 Å². The summed E-state index contributed by atoms with van der Waals surface area (Å²) in [6, 6.07) is 14.6. The average Bonchev–Trinajstić information content (AvgIpc) is 3.10. The molecule has 2 aromatic carbocycles. The average molecular weight is 501 g/mol. The van der Waals surface area contributed by atoms with Crippen LogP contribution < -0.4 is 10.0 Å². The van der Waals surface area contributed by atoms with Gasteiger partial charge in [0.1, 0.15) is 5.58 Å². The highest BCUT2D eigenvalue weighted by Crippen LogP contribution is 2.24. The highest BCUT2D eigenvalue weighted by molar-refractivity contribution is 9.10. The zero-order valence-electron chi connectivity index (χ0n) is 16.5. The highest BCUT2D eigenvalue weighted by atomic mass is 79.9. The van der Waals surface area contributed by atoms with Gasteiger partial charge in [-0.15, -0.1) is 0 Å². The lowest BCUT2D eigenvalue weighted by molar-refractivity contribution is 0.0998. The van der Waals surface area contributed by atoms with Crippen molar-refractivity contribution in [1.29, 1.82) is 0 Å². The van der Waals surface area contributed by atoms with E-state index in [1.54, 1.807) is 32.0 Å². The Labute approximate surface area is 186 Å². The molecule has 2 N–H and O–H groups in total. The molecule has 0 radical (unpaired) electrons. The molecule has 0 saturated heterocycles. The molecule has 2 aromatic heterocycles. The van der Waals surface area contributed by atoms with Gasteiger partial charge in [-0.05, 0) is 68.4 Å². The van der Waals surface area contributed by atoms with Gasteiger partial charge in [0.2, 0.25) is 5.95 Å². The number of carbonyl (C=O) groups is 1. The van der Waals surface area contributed by atoms with E-state index in [0.29, 0.717) is 22.7 Å². The molecule has 0 atom stereocenters. The van der Waals surface area contributed by atoms with E-state index in [0.717, 1.165) is 9.86 Å². The van der Waals surface area contributed by atoms with E-state index in [1.807, 2.05) is 12.1 Å². The lowest BCUT2D eigenvalue weighted by atomic mass is 10.2. The number of aromatic nitrogens is 2. The van der Waals surface area contributed by atoms with Gasteiger partial charge in [0.25, 0.3) is 15.9 Å². The van der Waals surface area contributed by atoms with E-state index in [2.05, 4.69) is 35.9 Å². The number of anilines is 2. The second-order valence-electron chi connectivity index (χ2n) is 6.85. The molecule has 0 saturated carbocycles. The molecule has 158 valence electrons. The standard InChI is InChI=1S/C21H17BrN4O4S/c1-12-9-13(2)24-21(23-12)26-31(28,29)17-6-4-16(5-7-17)25-20(27)19-11-14-10-15(22)3-8-18(14)30-19/h3-11H,1-2H3,(H,25,27)(H,23,24,26). The fourth-order valence-corrected chi connectivity index (χ4v) is 4.31. The van der Waals surface area contributed by atoms with Crippen molar-refractivity contribution in [2.45, 2.75) is 18.7 Å². The summed E-state index contributed by atoms with van der Waals surface area (Å²) in [5.74, 6) is -0.283. The first-order valence-electron chi connectivity index (χ1n) is 9.15. The van der Waals surface area contributed by atoms with Crippen molar-refractivity contribution in [1.82, 2.24) is 9.97 Å². The van der Waals surface area contributed by atoms with Gasteiger partial charge < -0.3 is 9.73 Å². The van der Waals surface area contributed by atoms with Crippen LogP contribution >= 0.6 is 15.9 Å². The fourth-order valence-electron chi connectivity index (χ4n) is 2.99. The third-order valence-corrected chi connectivity index (χ3v) is 6.17. The Morgan fingerprint density at radius 1 is 0.968 bits per heavy atom. The van der Waals surface area contributed by atoms with Crippen LogP contribution in [0.25, 0.3) is 11.0 Å². The first-order chi connectivity index (χ1) is 14.7. The molecule has 0 bridgehead atoms. The molecular formula is C21H17BrN4O4S. The third kappa shape index (κ3) is 4.75. The molecule has 4 aromatic rings. The Morgan fingerprint density at radius 2 is 1.65 bits per heavy atom. The predicted molar refractivity (Wildman–Crippen MR) is 121 cm³/mol. The number of fused-ring (bicyclic) bond motifs is 1. The molecule has 10 heteroatoms. The zero-order chi connectivity index (χ0) is 22.2. The van der Waals surface area contributed by atoms with Gasteiger partial charge in [0.05, 0.1) is 4.90 Å². The Balaban J connectivity index is 1.49. The maximum absolute atomic E-state index is 12.6. The van der Waals surface area contributed by atoms with Crippen LogP contribution in [0.15, 0.2) is 68.4 Å². The van der Waals surface area contributed by atoms with Gasteiger partial charge in [-0.3, -0.25) is 4.79 Å². The molecule has 2 heterocycles. The number of hydrogen-bond donors (Lipinski definition) is 2. The van der Waals surface area contributed by atoms with Gasteiger partial charge in [-0.2, -0.15) is 0 Å². The number of rotatable bonds is 5. The van der Waals surface area contributed by atoms with Crippen LogP contribution in [0.4, 0.5) is 11.6 Å². The van der Waals surface area contributed by atoms with Gasteiger partial charge in [-0.1, -0.05) is 15.9 Å². The molecule has 4 rings (SSSR count). The van der Waals surface area contributed by atoms with E-state index >= 15 is 0 Å². The number of aryl methyl sites for hydroxylation is 2. The zero-order valence-corrected chi connectivity index (χ0v) is 18.9. The molecule has 31 heavy (non-hydrogen) atoms. The summed E-state index contributed by atoms with van der Waals surface area (Å²) in [7, 11) is -3.88. The van der Waals surface area contributed by atoms with Crippen molar-refractivity contribution in [3.8, 4) is 0 Å². The number of nitrogens with zero attached hydrogens (tertiary/aromatic N) is 2. The summed E-state index contributed by atoms with van der Waals surface area (Å²) < 4.78 is 34.0. The number of amides is 1. The Kier molecular flexibility index (Phi) is 5.50. The quantitative estimate of drug-likeness (QED) is 0.411. The monoisotopic (exact) mass is 500 g/mol. The molecule has 0 aliphatic carbocycles. The van der Waals surface area contributed by atoms with Crippen LogP contribution in [-0.2, 0) is 10.0 Å². The number of hydrogen-bond acceptors (Lipinski definition) is 6. The molecule has 0 unspecified atom stereocenters. The lowest BCUT2D eigenvalue weighted by Crippen LogP contribution is -2.16. The molecule has 1 amide bonds. The van der Waals surface area contributed by atoms with E-state index in [1.165, 1.54) is 24.3 Å². The van der Waals surface area contributed by atoms with Crippen LogP contribution in [0.1, 0.15) is 21.9 Å². The fraction of sp³-hybridized carbons (Fsp3) is 0.0952. The lowest BCUT2D eigenvalue weighted by Gasteiger charge is -2.09. The summed E-state index contributed by atoms with van der Waals surface area (Å²) in [4.78, 5) is 20.7. The van der Waals surface area contributed by atoms with Gasteiger partial charge in [0.15, 0.2) is 5.76 Å². The topological polar surface area (TPSA) is 114 Å². The molecular weight excluding hydrogens is 484 g/mol. The Bertz CT molecular complexity index is 1380. The van der Waals surface area contributed by atoms with Crippen molar-refractivity contribution in [3.63, 3.8) is 0 Å². The third-order valence-electron chi connectivity index (χ3n) is 4.33. The van der Waals surface area contributed by atoms with Gasteiger partial charge in [0, 0.05) is 26.9 Å². The van der Waals surface area contributed by atoms with Crippen LogP contribution in [0, 0.1) is 13.8 Å². The SMILES string of the molecule is Cc1cc(C)nc(NS(=O)(=O)c2ccc(NC(=O)c3cc4cc(Br)ccc4o3)cc2)n1. The van der Waals surface area contributed by atoms with Crippen molar-refractivity contribution in [3.05, 3.63) is 76.2 Å². The maximum Gasteiger partial charge on any atom is 0.291 e. The smallest absolute Gasteiger partial charge is 0.291 e. The number of halogens is 1. The molecule has 0 aliphatic rings. The predicted octanol–water partition coefficient (Wildman–Crippen LogP) is 4.66. The number of furan rings is 1. The summed E-state index contributed by atoms with van der Waals surface area (Å²) in [5, 5.41) is 3.49. The largest absolute Gasteiger partial charge is 0.451 e. The summed E-state index contributed by atoms with van der Waals surface area (Å²) in [6.07, 6.45) is 0. The summed E-state index contributed by atoms with van der Waals surface area (Å²) >= 11 is 3.38. The van der Waals surface area contributed by atoms with E-state index in [4.69, 9.17) is 4.42 Å². The Morgan fingerprint density at radius 3 is 2.32 bits per heavy atom. The highest BCUT2D eigenvalue weighted by Gasteiger charge is 2.17. The Hall–Kier alpha value is -3.24. The van der Waals surface area contributed by atoms with Gasteiger partial charge in [-0.25, -0.2) is 23.1 Å². The second-order valence-corrected chi connectivity index (χ2v) is 9.45. The number of benzene rings is 2. The first-order valence-corrected chi connectivity index (χ1v) is 11.4. The number of carbonyl (C=O) groups excluding carboxylic acids is 1. The number of nitrogens with one attached hydrogen (secondary N) is 2. The summed E-state index contributed by atoms with van der Waals surface area (Å²) in [5.41, 5.74) is 2.32. The molecule has 0 spiro atoms. The second kappa shape index (κ2) is 8.12. The van der Waals surface area contributed by atoms with Crippen LogP contribution in [-0.4, -0.2) is 24.3 Å².